The van der Waals surface area contributed by atoms with Crippen LogP contribution in [0.2, 0.25) is 5.02 Å². The summed E-state index contributed by atoms with van der Waals surface area (Å²) in [5.74, 6) is -1.40. The summed E-state index contributed by atoms with van der Waals surface area (Å²) in [5, 5.41) is 3.35. The van der Waals surface area contributed by atoms with E-state index in [1.165, 1.54) is 10.4 Å². The van der Waals surface area contributed by atoms with Crippen LogP contribution in [-0.4, -0.2) is 44.8 Å². The first-order valence-corrected chi connectivity index (χ1v) is 12.2. The van der Waals surface area contributed by atoms with Crippen LogP contribution in [-0.2, 0) is 10.0 Å². The third kappa shape index (κ3) is 5.03. The van der Waals surface area contributed by atoms with Gasteiger partial charge in [-0.15, -0.1) is 0 Å². The molecule has 1 saturated heterocycles. The number of carbonyl (C=O) groups excluding carboxylic acids is 1. The number of amides is 1. The molecule has 9 heteroatoms. The van der Waals surface area contributed by atoms with Gasteiger partial charge in [-0.2, -0.15) is 4.31 Å². The molecule has 1 aliphatic rings. The molecule has 0 spiro atoms. The van der Waals surface area contributed by atoms with Gasteiger partial charge < -0.3 is 10.2 Å². The number of anilines is 2. The molecule has 0 bridgehead atoms. The van der Waals surface area contributed by atoms with E-state index in [0.717, 1.165) is 23.4 Å². The van der Waals surface area contributed by atoms with E-state index in [0.29, 0.717) is 23.8 Å². The summed E-state index contributed by atoms with van der Waals surface area (Å²) in [6.07, 6.45) is 0. The van der Waals surface area contributed by atoms with Gasteiger partial charge in [-0.3, -0.25) is 4.79 Å². The maximum atomic E-state index is 14.6. The molecule has 4 rings (SSSR count). The number of nitrogens with zero attached hydrogens (tertiary/aromatic N) is 2. The second-order valence-corrected chi connectivity index (χ2v) is 10.1. The number of halogens is 2. The molecule has 3 aromatic rings. The average Bonchev–Trinajstić information content (AvgIpc) is 2.81. The van der Waals surface area contributed by atoms with Crippen molar-refractivity contribution in [2.24, 2.45) is 0 Å². The monoisotopic (exact) mass is 487 g/mol. The number of para-hydroxylation sites is 1. The molecule has 1 N–H and O–H groups in total. The standard InChI is InChI=1S/C24H23ClFN3O3S/c1-17-5-2-3-8-22(17)27-24(30)18-9-10-21(26)23(15-18)33(31,32)29-13-11-28(12-14-29)20-7-4-6-19(25)16-20/h2-10,15-16H,11-14H2,1H3,(H,27,30). The fraction of sp³-hybridized carbons (Fsp3) is 0.208. The predicted molar refractivity (Wildman–Crippen MR) is 128 cm³/mol. The number of piperazine rings is 1. The van der Waals surface area contributed by atoms with E-state index >= 15 is 0 Å². The Balaban J connectivity index is 1.52. The van der Waals surface area contributed by atoms with Gasteiger partial charge in [-0.1, -0.05) is 35.9 Å². The van der Waals surface area contributed by atoms with Gasteiger partial charge in [0.25, 0.3) is 5.91 Å². The Morgan fingerprint density at radius 2 is 1.70 bits per heavy atom. The van der Waals surface area contributed by atoms with E-state index in [1.54, 1.807) is 18.2 Å². The Morgan fingerprint density at radius 1 is 0.970 bits per heavy atom. The molecule has 3 aromatic carbocycles. The summed E-state index contributed by atoms with van der Waals surface area (Å²) in [7, 11) is -4.12. The summed E-state index contributed by atoms with van der Waals surface area (Å²) in [4.78, 5) is 14.2. The number of sulfonamides is 1. The molecule has 33 heavy (non-hydrogen) atoms. The number of hydrogen-bond acceptors (Lipinski definition) is 4. The van der Waals surface area contributed by atoms with Gasteiger partial charge in [0.2, 0.25) is 10.0 Å². The Hall–Kier alpha value is -2.94. The molecule has 1 heterocycles. The van der Waals surface area contributed by atoms with Crippen LogP contribution in [0.5, 0.6) is 0 Å². The molecule has 1 fully saturated rings. The van der Waals surface area contributed by atoms with Crippen molar-refractivity contribution < 1.29 is 17.6 Å². The van der Waals surface area contributed by atoms with Gasteiger partial charge in [0.15, 0.2) is 0 Å². The highest BCUT2D eigenvalue weighted by Crippen LogP contribution is 2.26. The number of carbonyl (C=O) groups is 1. The minimum absolute atomic E-state index is 0.0655. The number of benzene rings is 3. The molecule has 0 aliphatic carbocycles. The number of hydrogen-bond donors (Lipinski definition) is 1. The van der Waals surface area contributed by atoms with Crippen LogP contribution in [0.3, 0.4) is 0 Å². The number of aryl methyl sites for hydroxylation is 1. The van der Waals surface area contributed by atoms with Gasteiger partial charge in [0.05, 0.1) is 0 Å². The highest BCUT2D eigenvalue weighted by Gasteiger charge is 2.31. The van der Waals surface area contributed by atoms with Crippen molar-refractivity contribution in [3.63, 3.8) is 0 Å². The first kappa shape index (κ1) is 23.2. The van der Waals surface area contributed by atoms with Gasteiger partial charge >= 0.3 is 0 Å². The van der Waals surface area contributed by atoms with Gasteiger partial charge in [0, 0.05) is 48.1 Å². The van der Waals surface area contributed by atoms with Crippen LogP contribution in [0.15, 0.2) is 71.6 Å². The van der Waals surface area contributed by atoms with Crippen molar-refractivity contribution in [1.29, 1.82) is 0 Å². The zero-order chi connectivity index (χ0) is 23.6. The summed E-state index contributed by atoms with van der Waals surface area (Å²) >= 11 is 6.06. The van der Waals surface area contributed by atoms with Gasteiger partial charge in [0.1, 0.15) is 10.7 Å². The van der Waals surface area contributed by atoms with Crippen molar-refractivity contribution in [2.75, 3.05) is 36.4 Å². The molecule has 0 radical (unpaired) electrons. The second kappa shape index (κ2) is 9.51. The molecule has 0 atom stereocenters. The van der Waals surface area contributed by atoms with Crippen molar-refractivity contribution in [3.8, 4) is 0 Å². The molecule has 0 saturated carbocycles. The van der Waals surface area contributed by atoms with E-state index in [1.807, 2.05) is 42.2 Å². The lowest BCUT2D eigenvalue weighted by atomic mass is 10.1. The Morgan fingerprint density at radius 3 is 2.39 bits per heavy atom. The third-order valence-electron chi connectivity index (χ3n) is 5.62. The zero-order valence-electron chi connectivity index (χ0n) is 18.0. The topological polar surface area (TPSA) is 69.7 Å². The SMILES string of the molecule is Cc1ccccc1NC(=O)c1ccc(F)c(S(=O)(=O)N2CCN(c3cccc(Cl)c3)CC2)c1. The summed E-state index contributed by atoms with van der Waals surface area (Å²) in [6.45, 7) is 3.10. The third-order valence-corrected chi connectivity index (χ3v) is 7.77. The largest absolute Gasteiger partial charge is 0.369 e. The molecule has 1 amide bonds. The Labute approximate surface area is 197 Å². The zero-order valence-corrected chi connectivity index (χ0v) is 19.5. The van der Waals surface area contributed by atoms with Gasteiger partial charge in [-0.25, -0.2) is 12.8 Å². The second-order valence-electron chi connectivity index (χ2n) is 7.79. The normalized spacial score (nSPS) is 14.8. The maximum Gasteiger partial charge on any atom is 0.255 e. The number of nitrogens with one attached hydrogen (secondary N) is 1. The first-order chi connectivity index (χ1) is 15.8. The quantitative estimate of drug-likeness (QED) is 0.573. The van der Waals surface area contributed by atoms with Crippen molar-refractivity contribution in [2.45, 2.75) is 11.8 Å². The molecule has 0 aromatic heterocycles. The minimum Gasteiger partial charge on any atom is -0.369 e. The fourth-order valence-corrected chi connectivity index (χ4v) is 5.45. The van der Waals surface area contributed by atoms with E-state index in [2.05, 4.69) is 5.32 Å². The van der Waals surface area contributed by atoms with E-state index in [4.69, 9.17) is 11.6 Å². The van der Waals surface area contributed by atoms with Gasteiger partial charge in [-0.05, 0) is 55.0 Å². The summed E-state index contributed by atoms with van der Waals surface area (Å²) < 4.78 is 42.3. The van der Waals surface area contributed by atoms with E-state index < -0.39 is 26.6 Å². The predicted octanol–water partition coefficient (Wildman–Crippen LogP) is 4.55. The lowest BCUT2D eigenvalue weighted by Gasteiger charge is -2.35. The maximum absolute atomic E-state index is 14.6. The Bertz CT molecular complexity index is 1290. The van der Waals surface area contributed by atoms with Crippen LogP contribution in [0.25, 0.3) is 0 Å². The molecule has 1 aliphatic heterocycles. The molecule has 6 nitrogen and oxygen atoms in total. The first-order valence-electron chi connectivity index (χ1n) is 10.4. The molecular formula is C24H23ClFN3O3S. The van der Waals surface area contributed by atoms with Crippen molar-refractivity contribution >= 4 is 38.9 Å². The smallest absolute Gasteiger partial charge is 0.255 e. The minimum atomic E-state index is -4.12. The van der Waals surface area contributed by atoms with E-state index in [9.17, 15) is 17.6 Å². The lowest BCUT2D eigenvalue weighted by molar-refractivity contribution is 0.102. The summed E-state index contributed by atoms with van der Waals surface area (Å²) in [5.41, 5.74) is 2.43. The van der Waals surface area contributed by atoms with Crippen LogP contribution < -0.4 is 10.2 Å². The van der Waals surface area contributed by atoms with Crippen molar-refractivity contribution in [3.05, 3.63) is 88.7 Å². The molecular weight excluding hydrogens is 465 g/mol. The highest BCUT2D eigenvalue weighted by atomic mass is 35.5. The Kier molecular flexibility index (Phi) is 6.69. The van der Waals surface area contributed by atoms with Crippen LogP contribution in [0.1, 0.15) is 15.9 Å². The van der Waals surface area contributed by atoms with Crippen LogP contribution in [0, 0.1) is 12.7 Å². The summed E-state index contributed by atoms with van der Waals surface area (Å²) in [6, 6.07) is 18.0. The lowest BCUT2D eigenvalue weighted by Crippen LogP contribution is -2.48. The molecule has 172 valence electrons. The number of rotatable bonds is 5. The molecule has 0 unspecified atom stereocenters. The van der Waals surface area contributed by atoms with Crippen LogP contribution >= 0.6 is 11.6 Å². The average molecular weight is 488 g/mol. The highest BCUT2D eigenvalue weighted by molar-refractivity contribution is 7.89. The van der Waals surface area contributed by atoms with Crippen LogP contribution in [0.4, 0.5) is 15.8 Å². The fourth-order valence-electron chi connectivity index (χ4n) is 3.75. The van der Waals surface area contributed by atoms with Crippen molar-refractivity contribution in [1.82, 2.24) is 4.31 Å². The van der Waals surface area contributed by atoms with E-state index in [-0.39, 0.29) is 18.7 Å².